The van der Waals surface area contributed by atoms with E-state index >= 15 is 0 Å². The number of carbonyl (C=O) groups is 2. The number of nitrogens with one attached hydrogen (secondary N) is 2. The first-order chi connectivity index (χ1) is 15.4. The lowest BCUT2D eigenvalue weighted by Crippen LogP contribution is -2.34. The molecule has 0 radical (unpaired) electrons. The van der Waals surface area contributed by atoms with E-state index in [0.29, 0.717) is 25.0 Å². The van der Waals surface area contributed by atoms with Gasteiger partial charge in [-0.3, -0.25) is 14.9 Å². The van der Waals surface area contributed by atoms with Crippen molar-refractivity contribution in [2.75, 3.05) is 26.0 Å². The minimum Gasteiger partial charge on any atom is -0.494 e. The summed E-state index contributed by atoms with van der Waals surface area (Å²) in [4.78, 5) is 25.8. The zero-order valence-electron chi connectivity index (χ0n) is 19.1. The predicted octanol–water partition coefficient (Wildman–Crippen LogP) is 4.79. The number of rotatable bonds is 11. The lowest BCUT2D eigenvalue weighted by molar-refractivity contribution is -0.128. The Morgan fingerprint density at radius 3 is 2.47 bits per heavy atom. The molecule has 0 aliphatic carbocycles. The average molecular weight is 456 g/mol. The molecule has 2 amide bonds. The molecule has 0 aromatic heterocycles. The van der Waals surface area contributed by atoms with Gasteiger partial charge in [0.15, 0.2) is 5.11 Å². The van der Waals surface area contributed by atoms with Crippen molar-refractivity contribution in [2.45, 2.75) is 45.4 Å². The van der Waals surface area contributed by atoms with Gasteiger partial charge in [0.1, 0.15) is 5.75 Å². The van der Waals surface area contributed by atoms with E-state index in [1.807, 2.05) is 24.3 Å². The van der Waals surface area contributed by atoms with E-state index in [1.165, 1.54) is 19.3 Å². The summed E-state index contributed by atoms with van der Waals surface area (Å²) in [6.07, 6.45) is 5.69. The van der Waals surface area contributed by atoms with E-state index < -0.39 is 0 Å². The summed E-state index contributed by atoms with van der Waals surface area (Å²) in [7, 11) is 3.49. The number of carbonyl (C=O) groups excluding carboxylic acids is 2. The number of benzene rings is 2. The fourth-order valence-electron chi connectivity index (χ4n) is 3.04. The van der Waals surface area contributed by atoms with E-state index in [-0.39, 0.29) is 16.9 Å². The Labute approximate surface area is 196 Å². The molecular formula is C25H33N3O3S. The first-order valence-electron chi connectivity index (χ1n) is 11.0. The highest BCUT2D eigenvalue weighted by molar-refractivity contribution is 7.80. The van der Waals surface area contributed by atoms with E-state index in [2.05, 4.69) is 17.6 Å². The van der Waals surface area contributed by atoms with Gasteiger partial charge in [-0.05, 0) is 67.0 Å². The Morgan fingerprint density at radius 1 is 1.03 bits per heavy atom. The van der Waals surface area contributed by atoms with Crippen LogP contribution in [0.25, 0.3) is 0 Å². The van der Waals surface area contributed by atoms with E-state index in [1.54, 1.807) is 43.3 Å². The number of unbranched alkanes of at least 4 members (excludes halogenated alkanes) is 3. The maximum Gasteiger partial charge on any atom is 0.257 e. The molecule has 0 spiro atoms. The minimum absolute atomic E-state index is 0.0825. The van der Waals surface area contributed by atoms with Gasteiger partial charge in [0.25, 0.3) is 5.91 Å². The van der Waals surface area contributed by atoms with E-state index in [4.69, 9.17) is 17.0 Å². The summed E-state index contributed by atoms with van der Waals surface area (Å²) in [5.41, 5.74) is 2.28. The highest BCUT2D eigenvalue weighted by Gasteiger charge is 2.09. The predicted molar refractivity (Wildman–Crippen MR) is 133 cm³/mol. The molecule has 0 atom stereocenters. The maximum atomic E-state index is 12.5. The molecule has 0 bridgehead atoms. The SMILES string of the molecule is CCCCCCOc1ccc(C(=O)NC(=S)Nc2cccc(CCC(=O)N(C)C)c2)cc1. The number of nitrogens with zero attached hydrogens (tertiary/aromatic N) is 1. The molecule has 0 aliphatic rings. The smallest absolute Gasteiger partial charge is 0.257 e. The lowest BCUT2D eigenvalue weighted by Gasteiger charge is -2.12. The van der Waals surface area contributed by atoms with Crippen molar-refractivity contribution in [1.29, 1.82) is 0 Å². The van der Waals surface area contributed by atoms with Gasteiger partial charge in [-0.2, -0.15) is 0 Å². The first-order valence-corrected chi connectivity index (χ1v) is 11.4. The molecule has 0 saturated heterocycles. The number of hydrogen-bond acceptors (Lipinski definition) is 4. The van der Waals surface area contributed by atoms with Gasteiger partial charge in [-0.1, -0.05) is 38.3 Å². The Balaban J connectivity index is 1.82. The van der Waals surface area contributed by atoms with Crippen LogP contribution < -0.4 is 15.4 Å². The van der Waals surface area contributed by atoms with Crippen molar-refractivity contribution in [1.82, 2.24) is 10.2 Å². The van der Waals surface area contributed by atoms with Gasteiger partial charge in [0.05, 0.1) is 6.61 Å². The van der Waals surface area contributed by atoms with Crippen LogP contribution in [0.5, 0.6) is 5.75 Å². The van der Waals surface area contributed by atoms with Crippen molar-refractivity contribution >= 4 is 34.8 Å². The van der Waals surface area contributed by atoms with Gasteiger partial charge < -0.3 is 15.0 Å². The second kappa shape index (κ2) is 13.5. The molecule has 0 aliphatic heterocycles. The number of hydrogen-bond donors (Lipinski definition) is 2. The monoisotopic (exact) mass is 455 g/mol. The van der Waals surface area contributed by atoms with E-state index in [9.17, 15) is 9.59 Å². The molecule has 2 rings (SSSR count). The molecule has 6 nitrogen and oxygen atoms in total. The van der Waals surface area contributed by atoms with Crippen LogP contribution in [0.1, 0.15) is 54.9 Å². The van der Waals surface area contributed by atoms with Gasteiger partial charge in [0, 0.05) is 31.8 Å². The molecule has 32 heavy (non-hydrogen) atoms. The third-order valence-electron chi connectivity index (χ3n) is 4.92. The summed E-state index contributed by atoms with van der Waals surface area (Å²) >= 11 is 5.29. The third kappa shape index (κ3) is 9.06. The summed E-state index contributed by atoms with van der Waals surface area (Å²) < 4.78 is 5.71. The van der Waals surface area contributed by atoms with Crippen LogP contribution in [0.4, 0.5) is 5.69 Å². The highest BCUT2D eigenvalue weighted by atomic mass is 32.1. The fraction of sp³-hybridized carbons (Fsp3) is 0.400. The van der Waals surface area contributed by atoms with Crippen molar-refractivity contribution in [2.24, 2.45) is 0 Å². The van der Waals surface area contributed by atoms with E-state index in [0.717, 1.165) is 23.4 Å². The quantitative estimate of drug-likeness (QED) is 0.376. The van der Waals surface area contributed by atoms with Crippen LogP contribution in [0.2, 0.25) is 0 Å². The zero-order valence-corrected chi connectivity index (χ0v) is 20.0. The summed E-state index contributed by atoms with van der Waals surface area (Å²) in [6, 6.07) is 14.7. The zero-order chi connectivity index (χ0) is 23.3. The molecule has 0 heterocycles. The van der Waals surface area contributed by atoms with Crippen molar-refractivity contribution < 1.29 is 14.3 Å². The lowest BCUT2D eigenvalue weighted by atomic mass is 10.1. The van der Waals surface area contributed by atoms with Gasteiger partial charge in [-0.15, -0.1) is 0 Å². The molecule has 7 heteroatoms. The number of anilines is 1. The van der Waals surface area contributed by atoms with Crippen LogP contribution in [-0.4, -0.2) is 42.5 Å². The normalized spacial score (nSPS) is 10.3. The Bertz CT molecular complexity index is 898. The Kier molecular flexibility index (Phi) is 10.7. The fourth-order valence-corrected chi connectivity index (χ4v) is 3.25. The second-order valence-electron chi connectivity index (χ2n) is 7.83. The van der Waals surface area contributed by atoms with Crippen LogP contribution in [0.15, 0.2) is 48.5 Å². The molecular weight excluding hydrogens is 422 g/mol. The molecule has 2 aromatic carbocycles. The van der Waals surface area contributed by atoms with Crippen molar-refractivity contribution in [3.8, 4) is 5.75 Å². The second-order valence-corrected chi connectivity index (χ2v) is 8.24. The number of amides is 2. The highest BCUT2D eigenvalue weighted by Crippen LogP contribution is 2.15. The third-order valence-corrected chi connectivity index (χ3v) is 5.13. The summed E-state index contributed by atoms with van der Waals surface area (Å²) in [5.74, 6) is 0.548. The van der Waals surface area contributed by atoms with Crippen LogP contribution in [0, 0.1) is 0 Å². The molecule has 2 aromatic rings. The van der Waals surface area contributed by atoms with Crippen molar-refractivity contribution in [3.63, 3.8) is 0 Å². The molecule has 2 N–H and O–H groups in total. The number of ether oxygens (including phenoxy) is 1. The van der Waals surface area contributed by atoms with Crippen LogP contribution in [0.3, 0.4) is 0 Å². The molecule has 0 unspecified atom stereocenters. The standard InChI is InChI=1S/C25H33N3O3S/c1-4-5-6-7-17-31-22-14-12-20(13-15-22)24(30)27-25(32)26-21-10-8-9-19(18-21)11-16-23(29)28(2)3/h8-10,12-15,18H,4-7,11,16-17H2,1-3H3,(H2,26,27,30,32). The van der Waals surface area contributed by atoms with Crippen LogP contribution >= 0.6 is 12.2 Å². The van der Waals surface area contributed by atoms with Crippen molar-refractivity contribution in [3.05, 3.63) is 59.7 Å². The summed E-state index contributed by atoms with van der Waals surface area (Å²) in [6.45, 7) is 2.86. The molecule has 0 fully saturated rings. The summed E-state index contributed by atoms with van der Waals surface area (Å²) in [5, 5.41) is 5.94. The average Bonchev–Trinajstić information content (AvgIpc) is 2.77. The first kappa shape index (κ1) is 25.3. The van der Waals surface area contributed by atoms with Crippen LogP contribution in [-0.2, 0) is 11.2 Å². The number of aryl methyl sites for hydroxylation is 1. The minimum atomic E-state index is -0.287. The molecule has 0 saturated carbocycles. The van der Waals surface area contributed by atoms with Gasteiger partial charge in [-0.25, -0.2) is 0 Å². The maximum absolute atomic E-state index is 12.5. The Hall–Kier alpha value is -2.93. The van der Waals surface area contributed by atoms with Gasteiger partial charge in [0.2, 0.25) is 5.91 Å². The Morgan fingerprint density at radius 2 is 1.78 bits per heavy atom. The number of thiocarbonyl (C=S) groups is 1. The largest absolute Gasteiger partial charge is 0.494 e. The van der Waals surface area contributed by atoms with Gasteiger partial charge >= 0.3 is 0 Å². The topological polar surface area (TPSA) is 70.7 Å². The molecule has 172 valence electrons.